The molecule has 1 aromatic heterocycles. The first kappa shape index (κ1) is 40.2. The van der Waals surface area contributed by atoms with Crippen molar-refractivity contribution in [3.63, 3.8) is 0 Å². The number of benzene rings is 1. The summed E-state index contributed by atoms with van der Waals surface area (Å²) in [5, 5.41) is 27.8. The zero-order chi connectivity index (χ0) is 37.6. The van der Waals surface area contributed by atoms with Crippen LogP contribution in [0.5, 0.6) is 0 Å². The van der Waals surface area contributed by atoms with Gasteiger partial charge in [-0.3, -0.25) is 14.9 Å². The first-order chi connectivity index (χ1) is 23.8. The summed E-state index contributed by atoms with van der Waals surface area (Å²) in [6, 6.07) is 8.66. The monoisotopic (exact) mass is 728 g/mol. The third-order valence-corrected chi connectivity index (χ3v) is 12.1. The largest absolute Gasteiger partial charge is 0.443 e. The Bertz CT molecular complexity index is 1640. The van der Waals surface area contributed by atoms with Gasteiger partial charge in [-0.05, 0) is 104 Å². The number of aliphatic hydroxyl groups excluding tert-OH is 2. The van der Waals surface area contributed by atoms with Crippen LogP contribution in [0.4, 0.5) is 10.7 Å². The minimum absolute atomic E-state index is 0.0409. The number of allylic oxidation sites excluding steroid dienone is 2. The second kappa shape index (κ2) is 16.9. The Balaban J connectivity index is 1.62. The standard InChI is InChI=1S/C38H56N4O8S/c1-37(2,3)50-36(47)42-23-29(39-35(42)41-31(43)20-17-25-13-9-7-10-14-25)22-28(24-51(48,49)38(4,5)6)34(46)40-30(21-26-15-11-8-12-16-26)33(45)32(44)27-18-19-27/h7-11,13-14,23,26-28,30,32-33,44-45H,12,15-22,24H2,1-6H3,(H,40,46)(H,39,41,43)/t26?,28?,30-,32+,33-/m1/s1. The summed E-state index contributed by atoms with van der Waals surface area (Å²) in [4.78, 5) is 45.0. The number of ether oxygens (including phenoxy) is 1. The summed E-state index contributed by atoms with van der Waals surface area (Å²) >= 11 is 0. The molecular formula is C38H56N4O8S. The minimum Gasteiger partial charge on any atom is -0.443 e. The van der Waals surface area contributed by atoms with Gasteiger partial charge in [0.25, 0.3) is 0 Å². The van der Waals surface area contributed by atoms with E-state index in [2.05, 4.69) is 27.8 Å². The predicted molar refractivity (Wildman–Crippen MR) is 196 cm³/mol. The van der Waals surface area contributed by atoms with Gasteiger partial charge in [-0.15, -0.1) is 0 Å². The van der Waals surface area contributed by atoms with E-state index in [0.29, 0.717) is 12.8 Å². The van der Waals surface area contributed by atoms with Gasteiger partial charge in [-0.25, -0.2) is 22.8 Å². The van der Waals surface area contributed by atoms with Crippen molar-refractivity contribution in [2.24, 2.45) is 17.8 Å². The SMILES string of the molecule is CC(C)(C)OC(=O)n1cc(CC(CS(=O)(=O)C(C)(C)C)C(=O)N[C@H](CC2CC=CCC2)[C@@H](O)[C@@H](O)C2CC2)nc1NC(=O)CCc1ccccc1. The van der Waals surface area contributed by atoms with E-state index in [1.54, 1.807) is 41.5 Å². The Kier molecular flexibility index (Phi) is 13.3. The number of carbonyl (C=O) groups excluding carboxylic acids is 3. The lowest BCUT2D eigenvalue weighted by Gasteiger charge is -2.32. The molecule has 4 rings (SSSR count). The van der Waals surface area contributed by atoms with E-state index in [0.717, 1.165) is 42.2 Å². The second-order valence-electron chi connectivity index (χ2n) is 16.1. The molecule has 12 nitrogen and oxygen atoms in total. The number of aromatic nitrogens is 2. The average Bonchev–Trinajstić information content (AvgIpc) is 3.83. The quantitative estimate of drug-likeness (QED) is 0.184. The highest BCUT2D eigenvalue weighted by molar-refractivity contribution is 7.92. The van der Waals surface area contributed by atoms with Gasteiger partial charge in [0.15, 0.2) is 9.84 Å². The number of nitrogens with one attached hydrogen (secondary N) is 2. The van der Waals surface area contributed by atoms with Gasteiger partial charge < -0.3 is 20.3 Å². The molecule has 0 aliphatic heterocycles. The van der Waals surface area contributed by atoms with Crippen LogP contribution in [0.3, 0.4) is 0 Å². The average molecular weight is 729 g/mol. The molecule has 2 amide bonds. The van der Waals surface area contributed by atoms with E-state index in [1.807, 2.05) is 30.3 Å². The van der Waals surface area contributed by atoms with Gasteiger partial charge in [-0.1, -0.05) is 42.5 Å². The maximum Gasteiger partial charge on any atom is 0.421 e. The fourth-order valence-corrected chi connectivity index (χ4v) is 7.42. The van der Waals surface area contributed by atoms with E-state index in [-0.39, 0.29) is 36.3 Å². The molecule has 2 aromatic rings. The van der Waals surface area contributed by atoms with Crippen LogP contribution in [0.2, 0.25) is 0 Å². The maximum atomic E-state index is 14.1. The van der Waals surface area contributed by atoms with Gasteiger partial charge >= 0.3 is 6.09 Å². The molecule has 1 fully saturated rings. The Morgan fingerprint density at radius 3 is 2.29 bits per heavy atom. The lowest BCUT2D eigenvalue weighted by Crippen LogP contribution is -2.52. The molecule has 2 aliphatic rings. The lowest BCUT2D eigenvalue weighted by atomic mass is 9.85. The van der Waals surface area contributed by atoms with Gasteiger partial charge in [0.2, 0.25) is 17.8 Å². The number of amides is 2. The van der Waals surface area contributed by atoms with Crippen LogP contribution in [-0.2, 0) is 37.0 Å². The molecule has 0 spiro atoms. The summed E-state index contributed by atoms with van der Waals surface area (Å²) in [5.41, 5.74) is 0.288. The summed E-state index contributed by atoms with van der Waals surface area (Å²) < 4.78 is 32.5. The van der Waals surface area contributed by atoms with E-state index in [9.17, 15) is 33.0 Å². The molecule has 5 atom stereocenters. The number of hydrogen-bond donors (Lipinski definition) is 4. The molecule has 282 valence electrons. The van der Waals surface area contributed by atoms with Gasteiger partial charge in [0.05, 0.1) is 34.3 Å². The highest BCUT2D eigenvalue weighted by atomic mass is 32.2. The van der Waals surface area contributed by atoms with Crippen molar-refractivity contribution in [1.29, 1.82) is 0 Å². The first-order valence-corrected chi connectivity index (χ1v) is 19.7. The molecule has 0 bridgehead atoms. The van der Waals surface area contributed by atoms with E-state index in [1.165, 1.54) is 6.20 Å². The topological polar surface area (TPSA) is 177 Å². The van der Waals surface area contributed by atoms with Crippen molar-refractivity contribution in [3.8, 4) is 0 Å². The van der Waals surface area contributed by atoms with Gasteiger partial charge in [-0.2, -0.15) is 0 Å². The van der Waals surface area contributed by atoms with Crippen molar-refractivity contribution >= 4 is 33.7 Å². The van der Waals surface area contributed by atoms with Crippen molar-refractivity contribution in [2.75, 3.05) is 11.1 Å². The molecule has 0 radical (unpaired) electrons. The zero-order valence-corrected chi connectivity index (χ0v) is 31.6. The van der Waals surface area contributed by atoms with Gasteiger partial charge in [0.1, 0.15) is 11.7 Å². The molecule has 1 saturated carbocycles. The van der Waals surface area contributed by atoms with Crippen molar-refractivity contribution in [3.05, 3.63) is 59.9 Å². The summed E-state index contributed by atoms with van der Waals surface area (Å²) in [7, 11) is -3.84. The lowest BCUT2D eigenvalue weighted by molar-refractivity contribution is -0.127. The van der Waals surface area contributed by atoms with E-state index < -0.39 is 68.0 Å². The van der Waals surface area contributed by atoms with Crippen LogP contribution in [-0.4, -0.2) is 80.4 Å². The first-order valence-electron chi connectivity index (χ1n) is 18.0. The van der Waals surface area contributed by atoms with Crippen molar-refractivity contribution < 1.29 is 37.8 Å². The number of aryl methyl sites for hydroxylation is 1. The molecule has 2 unspecified atom stereocenters. The number of aliphatic hydroxyl groups is 2. The highest BCUT2D eigenvalue weighted by Crippen LogP contribution is 2.36. The van der Waals surface area contributed by atoms with Crippen LogP contribution in [0, 0.1) is 17.8 Å². The van der Waals surface area contributed by atoms with Crippen LogP contribution < -0.4 is 10.6 Å². The third kappa shape index (κ3) is 12.0. The number of anilines is 1. The molecular weight excluding hydrogens is 673 g/mol. The fraction of sp³-hybridized carbons (Fsp3) is 0.632. The summed E-state index contributed by atoms with van der Waals surface area (Å²) in [6.07, 6.45) is 7.41. The normalized spacial score (nSPS) is 19.1. The number of sulfone groups is 1. The van der Waals surface area contributed by atoms with Gasteiger partial charge in [0, 0.05) is 19.0 Å². The highest BCUT2D eigenvalue weighted by Gasteiger charge is 2.41. The van der Waals surface area contributed by atoms with Crippen LogP contribution >= 0.6 is 0 Å². The maximum absolute atomic E-state index is 14.1. The molecule has 0 saturated heterocycles. The van der Waals surface area contributed by atoms with Crippen molar-refractivity contribution in [2.45, 2.75) is 128 Å². The Morgan fingerprint density at radius 2 is 1.71 bits per heavy atom. The summed E-state index contributed by atoms with van der Waals surface area (Å²) in [5.74, 6) is -2.68. The summed E-state index contributed by atoms with van der Waals surface area (Å²) in [6.45, 7) is 9.79. The van der Waals surface area contributed by atoms with Crippen LogP contribution in [0.25, 0.3) is 0 Å². The van der Waals surface area contributed by atoms with E-state index >= 15 is 0 Å². The minimum atomic E-state index is -3.84. The van der Waals surface area contributed by atoms with E-state index in [4.69, 9.17) is 4.74 Å². The zero-order valence-electron chi connectivity index (χ0n) is 30.8. The fourth-order valence-electron chi connectivity index (χ4n) is 6.12. The van der Waals surface area contributed by atoms with Crippen LogP contribution in [0.15, 0.2) is 48.7 Å². The Morgan fingerprint density at radius 1 is 1.02 bits per heavy atom. The van der Waals surface area contributed by atoms with Crippen LogP contribution in [0.1, 0.15) is 97.7 Å². The molecule has 1 heterocycles. The third-order valence-electron chi connectivity index (χ3n) is 9.42. The molecule has 2 aliphatic carbocycles. The predicted octanol–water partition coefficient (Wildman–Crippen LogP) is 4.97. The number of hydrogen-bond acceptors (Lipinski definition) is 9. The smallest absolute Gasteiger partial charge is 0.421 e. The molecule has 1 aromatic carbocycles. The molecule has 51 heavy (non-hydrogen) atoms. The Labute approximate surface area is 302 Å². The molecule has 4 N–H and O–H groups in total. The number of nitrogens with zero attached hydrogens (tertiary/aromatic N) is 2. The molecule has 13 heteroatoms. The second-order valence-corrected chi connectivity index (χ2v) is 18.8. The number of carbonyl (C=O) groups is 3. The Hall–Kier alpha value is -3.55. The number of imidazole rings is 1. The number of rotatable bonds is 15. The van der Waals surface area contributed by atoms with Crippen molar-refractivity contribution in [1.82, 2.24) is 14.9 Å².